The van der Waals surface area contributed by atoms with Gasteiger partial charge in [0.25, 0.3) is 11.8 Å². The van der Waals surface area contributed by atoms with E-state index in [-0.39, 0.29) is 23.2 Å². The third kappa shape index (κ3) is 5.92. The molecule has 0 aliphatic heterocycles. The lowest BCUT2D eigenvalue weighted by molar-refractivity contribution is 0.0759. The van der Waals surface area contributed by atoms with Gasteiger partial charge in [-0.05, 0) is 39.9 Å². The predicted octanol–water partition coefficient (Wildman–Crippen LogP) is 2.74. The summed E-state index contributed by atoms with van der Waals surface area (Å²) in [5.41, 5.74) is 0.477. The monoisotopic (exact) mass is 367 g/mol. The van der Waals surface area contributed by atoms with E-state index in [9.17, 15) is 9.59 Å². The highest BCUT2D eigenvalue weighted by molar-refractivity contribution is 7.80. The molecule has 0 aliphatic rings. The second kappa shape index (κ2) is 11.0. The van der Waals surface area contributed by atoms with Crippen LogP contribution in [0.4, 0.5) is 0 Å². The van der Waals surface area contributed by atoms with Gasteiger partial charge in [-0.1, -0.05) is 0 Å². The summed E-state index contributed by atoms with van der Waals surface area (Å²) in [4.78, 5) is 32.9. The van der Waals surface area contributed by atoms with Gasteiger partial charge in [-0.3, -0.25) is 9.59 Å². The minimum absolute atomic E-state index is 0.196. The molecule has 0 saturated carbocycles. The molecular weight excluding hydrogens is 338 g/mol. The van der Waals surface area contributed by atoms with E-state index in [4.69, 9.17) is 4.74 Å². The second-order valence-corrected chi connectivity index (χ2v) is 5.90. The van der Waals surface area contributed by atoms with Crippen LogP contribution >= 0.6 is 12.6 Å². The Morgan fingerprint density at radius 3 is 1.76 bits per heavy atom. The van der Waals surface area contributed by atoms with Crippen molar-refractivity contribution in [3.05, 3.63) is 23.5 Å². The van der Waals surface area contributed by atoms with E-state index < -0.39 is 0 Å². The number of rotatable bonds is 10. The minimum Gasteiger partial charge on any atom is -0.493 e. The summed E-state index contributed by atoms with van der Waals surface area (Å²) in [7, 11) is 0. The summed E-state index contributed by atoms with van der Waals surface area (Å²) in [6.45, 7) is 10.5. The molecule has 0 aromatic carbocycles. The molecule has 0 N–H and O–H groups in total. The van der Waals surface area contributed by atoms with Crippen molar-refractivity contribution in [2.45, 2.75) is 34.1 Å². The van der Waals surface area contributed by atoms with E-state index in [1.54, 1.807) is 21.9 Å². The molecule has 1 heterocycles. The fourth-order valence-corrected chi connectivity index (χ4v) is 2.54. The lowest BCUT2D eigenvalue weighted by atomic mass is 10.2. The fraction of sp³-hybridized carbons (Fsp3) is 0.611. The predicted molar refractivity (Wildman–Crippen MR) is 103 cm³/mol. The Labute approximate surface area is 156 Å². The lowest BCUT2D eigenvalue weighted by Gasteiger charge is -2.21. The normalized spacial score (nSPS) is 10.4. The zero-order valence-electron chi connectivity index (χ0n) is 15.6. The van der Waals surface area contributed by atoms with Crippen molar-refractivity contribution >= 4 is 24.4 Å². The molecule has 6 nitrogen and oxygen atoms in total. The molecule has 2 amide bonds. The van der Waals surface area contributed by atoms with Gasteiger partial charge in [-0.25, -0.2) is 4.98 Å². The summed E-state index contributed by atoms with van der Waals surface area (Å²) in [5.74, 6) is 0.806. The first kappa shape index (κ1) is 21.3. The van der Waals surface area contributed by atoms with Crippen molar-refractivity contribution in [1.82, 2.24) is 14.8 Å². The Kier molecular flexibility index (Phi) is 9.34. The molecule has 0 atom stereocenters. The van der Waals surface area contributed by atoms with Crippen LogP contribution in [0.15, 0.2) is 12.1 Å². The van der Waals surface area contributed by atoms with Crippen LogP contribution < -0.4 is 4.74 Å². The first-order chi connectivity index (χ1) is 12.0. The zero-order chi connectivity index (χ0) is 18.8. The summed E-state index contributed by atoms with van der Waals surface area (Å²) < 4.78 is 5.69. The van der Waals surface area contributed by atoms with E-state index in [1.807, 2.05) is 27.7 Å². The van der Waals surface area contributed by atoms with E-state index in [0.717, 1.165) is 6.42 Å². The minimum atomic E-state index is -0.196. The van der Waals surface area contributed by atoms with Crippen LogP contribution in [-0.4, -0.2) is 65.1 Å². The molecule has 1 aromatic heterocycles. The van der Waals surface area contributed by atoms with Gasteiger partial charge < -0.3 is 14.5 Å². The second-order valence-electron chi connectivity index (χ2n) is 5.45. The standard InChI is InChI=1S/C18H29N3O3S/c1-5-20(6-2)17(22)15-12-14(24-10-9-11-25)13-16(19-15)18(23)21(7-3)8-4/h12-13,25H,5-11H2,1-4H3. The van der Waals surface area contributed by atoms with Gasteiger partial charge in [0, 0.05) is 38.3 Å². The fourth-order valence-electron chi connectivity index (χ4n) is 2.41. The smallest absolute Gasteiger partial charge is 0.272 e. The van der Waals surface area contributed by atoms with Crippen molar-refractivity contribution in [2.24, 2.45) is 0 Å². The number of hydrogen-bond acceptors (Lipinski definition) is 5. The molecule has 0 radical (unpaired) electrons. The highest BCUT2D eigenvalue weighted by Crippen LogP contribution is 2.18. The maximum Gasteiger partial charge on any atom is 0.272 e. The van der Waals surface area contributed by atoms with Crippen LogP contribution in [0.2, 0.25) is 0 Å². The van der Waals surface area contributed by atoms with E-state index >= 15 is 0 Å². The lowest BCUT2D eigenvalue weighted by Crippen LogP contribution is -2.33. The summed E-state index contributed by atoms with van der Waals surface area (Å²) in [5, 5.41) is 0. The van der Waals surface area contributed by atoms with Gasteiger partial charge >= 0.3 is 0 Å². The molecule has 7 heteroatoms. The Bertz CT molecular complexity index is 530. The number of aromatic nitrogens is 1. The molecule has 0 unspecified atom stereocenters. The van der Waals surface area contributed by atoms with Gasteiger partial charge in [0.15, 0.2) is 0 Å². The van der Waals surface area contributed by atoms with Gasteiger partial charge in [0.05, 0.1) is 6.61 Å². The topological polar surface area (TPSA) is 62.7 Å². The van der Waals surface area contributed by atoms with Gasteiger partial charge in [0.1, 0.15) is 17.1 Å². The van der Waals surface area contributed by atoms with Crippen molar-refractivity contribution in [2.75, 3.05) is 38.5 Å². The molecule has 0 bridgehead atoms. The Morgan fingerprint density at radius 1 is 0.960 bits per heavy atom. The SMILES string of the molecule is CCN(CC)C(=O)c1cc(OCCCS)cc(C(=O)N(CC)CC)n1. The quantitative estimate of drug-likeness (QED) is 0.510. The molecule has 1 aromatic rings. The number of pyridine rings is 1. The van der Waals surface area contributed by atoms with Crippen LogP contribution in [0.5, 0.6) is 5.75 Å². The van der Waals surface area contributed by atoms with Crippen molar-refractivity contribution in [3.63, 3.8) is 0 Å². The average molecular weight is 368 g/mol. The highest BCUT2D eigenvalue weighted by atomic mass is 32.1. The van der Waals surface area contributed by atoms with E-state index in [1.165, 1.54) is 0 Å². The maximum atomic E-state index is 12.6. The Balaban J connectivity index is 3.22. The maximum absolute atomic E-state index is 12.6. The van der Waals surface area contributed by atoms with Crippen LogP contribution in [0.25, 0.3) is 0 Å². The summed E-state index contributed by atoms with van der Waals surface area (Å²) in [6.07, 6.45) is 0.782. The van der Waals surface area contributed by atoms with E-state index in [2.05, 4.69) is 17.6 Å². The number of carbonyl (C=O) groups excluding carboxylic acids is 2. The molecule has 0 aliphatic carbocycles. The van der Waals surface area contributed by atoms with Crippen LogP contribution in [-0.2, 0) is 0 Å². The Hall–Kier alpha value is -1.76. The van der Waals surface area contributed by atoms with Gasteiger partial charge in [-0.2, -0.15) is 12.6 Å². The van der Waals surface area contributed by atoms with Crippen molar-refractivity contribution < 1.29 is 14.3 Å². The zero-order valence-corrected chi connectivity index (χ0v) is 16.5. The van der Waals surface area contributed by atoms with Crippen LogP contribution in [0.3, 0.4) is 0 Å². The van der Waals surface area contributed by atoms with Crippen LogP contribution in [0.1, 0.15) is 55.1 Å². The molecule has 25 heavy (non-hydrogen) atoms. The molecule has 0 spiro atoms. The van der Waals surface area contributed by atoms with Crippen LogP contribution in [0, 0.1) is 0 Å². The van der Waals surface area contributed by atoms with E-state index in [0.29, 0.717) is 44.3 Å². The molecule has 0 saturated heterocycles. The van der Waals surface area contributed by atoms with Crippen molar-refractivity contribution in [3.8, 4) is 5.75 Å². The number of carbonyl (C=O) groups is 2. The summed E-state index contributed by atoms with van der Waals surface area (Å²) in [6, 6.07) is 3.22. The first-order valence-electron chi connectivity index (χ1n) is 8.86. The highest BCUT2D eigenvalue weighted by Gasteiger charge is 2.21. The molecule has 140 valence electrons. The van der Waals surface area contributed by atoms with Crippen molar-refractivity contribution in [1.29, 1.82) is 0 Å². The average Bonchev–Trinajstić information content (AvgIpc) is 2.63. The third-order valence-corrected chi connectivity index (χ3v) is 4.23. The summed E-state index contributed by atoms with van der Waals surface area (Å²) >= 11 is 4.16. The molecular formula is C18H29N3O3S. The number of hydrogen-bond donors (Lipinski definition) is 1. The number of nitrogens with zero attached hydrogens (tertiary/aromatic N) is 3. The number of amides is 2. The first-order valence-corrected chi connectivity index (χ1v) is 9.49. The number of thiol groups is 1. The van der Waals surface area contributed by atoms with Gasteiger partial charge in [0.2, 0.25) is 0 Å². The van der Waals surface area contributed by atoms with Gasteiger partial charge in [-0.15, -0.1) is 0 Å². The third-order valence-electron chi connectivity index (χ3n) is 3.91. The molecule has 0 fully saturated rings. The Morgan fingerprint density at radius 2 is 1.40 bits per heavy atom. The largest absolute Gasteiger partial charge is 0.493 e. The number of ether oxygens (including phenoxy) is 1. The molecule has 1 rings (SSSR count).